The van der Waals surface area contributed by atoms with E-state index in [2.05, 4.69) is 19.9 Å². The number of aromatic nitrogens is 3. The highest BCUT2D eigenvalue weighted by atomic mass is 19.1. The molecule has 206 valence electrons. The Morgan fingerprint density at radius 1 is 1.08 bits per heavy atom. The number of methoxy groups -OCH3 is 1. The lowest BCUT2D eigenvalue weighted by molar-refractivity contribution is -0.186. The van der Waals surface area contributed by atoms with Gasteiger partial charge < -0.3 is 38.7 Å². The zero-order chi connectivity index (χ0) is 27.0. The molecule has 6 rings (SSSR count). The maximum absolute atomic E-state index is 15.1. The van der Waals surface area contributed by atoms with E-state index in [0.29, 0.717) is 53.1 Å². The molecule has 0 saturated carbocycles. The van der Waals surface area contributed by atoms with Crippen molar-refractivity contribution in [3.8, 4) is 23.1 Å². The molecule has 4 heterocycles. The fraction of sp³-hybridized carbons (Fsp3) is 0.429. The van der Waals surface area contributed by atoms with Crippen LogP contribution in [-0.2, 0) is 9.47 Å². The highest BCUT2D eigenvalue weighted by Crippen LogP contribution is 2.37. The molecule has 2 aliphatic heterocycles. The molecule has 10 nitrogen and oxygen atoms in total. The van der Waals surface area contributed by atoms with Crippen molar-refractivity contribution in [3.05, 3.63) is 48.2 Å². The van der Waals surface area contributed by atoms with Crippen LogP contribution in [-0.4, -0.2) is 83.4 Å². The van der Waals surface area contributed by atoms with Crippen molar-refractivity contribution < 1.29 is 33.2 Å². The summed E-state index contributed by atoms with van der Waals surface area (Å²) in [4.78, 5) is 13.9. The van der Waals surface area contributed by atoms with Crippen LogP contribution >= 0.6 is 0 Å². The van der Waals surface area contributed by atoms with Gasteiger partial charge in [-0.25, -0.2) is 14.4 Å². The average molecular weight is 539 g/mol. The first-order chi connectivity index (χ1) is 18.9. The summed E-state index contributed by atoms with van der Waals surface area (Å²) in [6.45, 7) is 5.27. The second-order valence-corrected chi connectivity index (χ2v) is 9.97. The summed E-state index contributed by atoms with van der Waals surface area (Å²) < 4.78 is 44.1. The lowest BCUT2D eigenvalue weighted by Gasteiger charge is -2.38. The summed E-state index contributed by atoms with van der Waals surface area (Å²) in [7, 11) is 1.52. The van der Waals surface area contributed by atoms with Crippen LogP contribution in [0.15, 0.2) is 36.7 Å². The van der Waals surface area contributed by atoms with Crippen LogP contribution in [0.25, 0.3) is 21.8 Å². The van der Waals surface area contributed by atoms with Crippen LogP contribution < -0.4 is 14.2 Å². The van der Waals surface area contributed by atoms with Gasteiger partial charge in [0.2, 0.25) is 5.88 Å². The van der Waals surface area contributed by atoms with Gasteiger partial charge in [0.05, 0.1) is 31.2 Å². The number of aliphatic hydroxyl groups excluding tert-OH is 1. The third kappa shape index (κ3) is 5.22. The minimum Gasteiger partial charge on any atom is -0.493 e. The molecule has 0 radical (unpaired) electrons. The Labute approximate surface area is 224 Å². The van der Waals surface area contributed by atoms with Crippen molar-refractivity contribution in [1.29, 1.82) is 0 Å². The third-order valence-corrected chi connectivity index (χ3v) is 7.26. The number of rotatable bonds is 8. The maximum Gasteiger partial charge on any atom is 0.230 e. The van der Waals surface area contributed by atoms with E-state index >= 15 is 4.39 Å². The Kier molecular flexibility index (Phi) is 6.98. The quantitative estimate of drug-likeness (QED) is 0.345. The molecule has 39 heavy (non-hydrogen) atoms. The van der Waals surface area contributed by atoms with Gasteiger partial charge >= 0.3 is 0 Å². The predicted molar refractivity (Wildman–Crippen MR) is 141 cm³/mol. The summed E-state index contributed by atoms with van der Waals surface area (Å²) >= 11 is 0. The first-order valence-electron chi connectivity index (χ1n) is 13.0. The Bertz CT molecular complexity index is 1480. The monoisotopic (exact) mass is 538 g/mol. The second-order valence-electron chi connectivity index (χ2n) is 9.97. The minimum atomic E-state index is -0.705. The number of nitrogens with one attached hydrogen (secondary N) is 1. The number of piperidine rings is 1. The van der Waals surface area contributed by atoms with Gasteiger partial charge in [-0.2, -0.15) is 0 Å². The topological polar surface area (TPSA) is 111 Å². The van der Waals surface area contributed by atoms with Gasteiger partial charge in [-0.1, -0.05) is 0 Å². The van der Waals surface area contributed by atoms with Crippen LogP contribution in [0.1, 0.15) is 18.5 Å². The van der Waals surface area contributed by atoms with Gasteiger partial charge in [-0.3, -0.25) is 0 Å². The van der Waals surface area contributed by atoms with Crippen LogP contribution in [0.3, 0.4) is 0 Å². The number of benzene rings is 2. The second kappa shape index (κ2) is 10.6. The van der Waals surface area contributed by atoms with Crippen molar-refractivity contribution in [3.63, 3.8) is 0 Å². The molecule has 2 saturated heterocycles. The fourth-order valence-electron chi connectivity index (χ4n) is 5.26. The van der Waals surface area contributed by atoms with Crippen LogP contribution in [0, 0.1) is 12.7 Å². The molecule has 0 bridgehead atoms. The van der Waals surface area contributed by atoms with E-state index in [1.165, 1.54) is 13.4 Å². The number of fused-ring (bicyclic) bond motifs is 2. The zero-order valence-corrected chi connectivity index (χ0v) is 21.9. The van der Waals surface area contributed by atoms with E-state index in [4.69, 9.17) is 23.7 Å². The largest absolute Gasteiger partial charge is 0.493 e. The molecule has 0 aliphatic carbocycles. The molecule has 4 aromatic rings. The van der Waals surface area contributed by atoms with Crippen LogP contribution in [0.2, 0.25) is 0 Å². The van der Waals surface area contributed by atoms with Gasteiger partial charge in [0, 0.05) is 55.1 Å². The lowest BCUT2D eigenvalue weighted by Crippen LogP contribution is -2.47. The Balaban J connectivity index is 1.15. The number of aromatic amines is 1. The average Bonchev–Trinajstić information content (AvgIpc) is 3.56. The number of β-amino-alcohol motifs (C(OH)–C–C–N with tert-alkyl or cyclic N) is 1. The van der Waals surface area contributed by atoms with Crippen LogP contribution in [0.5, 0.6) is 23.1 Å². The lowest BCUT2D eigenvalue weighted by atomic mass is 10.0. The van der Waals surface area contributed by atoms with E-state index in [9.17, 15) is 5.11 Å². The Morgan fingerprint density at radius 2 is 1.87 bits per heavy atom. The van der Waals surface area contributed by atoms with Gasteiger partial charge in [0.1, 0.15) is 19.0 Å². The van der Waals surface area contributed by atoms with E-state index in [1.54, 1.807) is 30.3 Å². The molecular formula is C28H31FN4O6. The molecule has 11 heteroatoms. The van der Waals surface area contributed by atoms with Crippen molar-refractivity contribution in [2.45, 2.75) is 31.7 Å². The molecular weight excluding hydrogens is 507 g/mol. The van der Waals surface area contributed by atoms with Gasteiger partial charge in [0.25, 0.3) is 0 Å². The zero-order valence-electron chi connectivity index (χ0n) is 21.9. The van der Waals surface area contributed by atoms with Crippen molar-refractivity contribution >= 4 is 21.8 Å². The summed E-state index contributed by atoms with van der Waals surface area (Å²) in [6.07, 6.45) is 2.21. The standard InChI is InChI=1S/C28H31FN4O6/c1-17-11-19-21(32-17)3-4-23(26(19)29)39-27-20-12-24(35-2)25(13-22(20)30-16-31-27)36-15-18(34)14-33-7-5-28(6-8-33)37-9-10-38-28/h3-4,11-13,16,18,32,34H,5-10,14-15H2,1-2H3/t18-/m0/s1. The number of H-pyrrole nitrogens is 1. The first kappa shape index (κ1) is 25.8. The van der Waals surface area contributed by atoms with E-state index in [-0.39, 0.29) is 18.2 Å². The normalized spacial score (nSPS) is 18.2. The number of hydrogen-bond donors (Lipinski definition) is 2. The predicted octanol–water partition coefficient (Wildman–Crippen LogP) is 3.94. The molecule has 2 aromatic heterocycles. The summed E-state index contributed by atoms with van der Waals surface area (Å²) in [5.41, 5.74) is 2.08. The van der Waals surface area contributed by atoms with Crippen molar-refractivity contribution in [1.82, 2.24) is 19.9 Å². The van der Waals surface area contributed by atoms with E-state index in [1.807, 2.05) is 6.92 Å². The van der Waals surface area contributed by atoms with E-state index < -0.39 is 17.7 Å². The Morgan fingerprint density at radius 3 is 2.64 bits per heavy atom. The summed E-state index contributed by atoms with van der Waals surface area (Å²) in [6, 6.07) is 8.45. The van der Waals surface area contributed by atoms with Gasteiger partial charge in [0.15, 0.2) is 28.9 Å². The number of halogens is 1. The summed E-state index contributed by atoms with van der Waals surface area (Å²) in [5.74, 6) is 0.167. The minimum absolute atomic E-state index is 0.0543. The van der Waals surface area contributed by atoms with E-state index in [0.717, 1.165) is 31.6 Å². The number of ether oxygens (including phenoxy) is 5. The van der Waals surface area contributed by atoms with Crippen molar-refractivity contribution in [2.24, 2.45) is 0 Å². The Hall–Kier alpha value is -3.51. The van der Waals surface area contributed by atoms with Gasteiger partial charge in [-0.05, 0) is 31.2 Å². The number of aryl methyl sites for hydroxylation is 1. The highest BCUT2D eigenvalue weighted by molar-refractivity contribution is 5.87. The molecule has 0 unspecified atom stereocenters. The number of likely N-dealkylation sites (tertiary alicyclic amines) is 1. The van der Waals surface area contributed by atoms with Crippen LogP contribution in [0.4, 0.5) is 4.39 Å². The highest BCUT2D eigenvalue weighted by Gasteiger charge is 2.39. The molecule has 1 spiro atoms. The molecule has 0 amide bonds. The molecule has 1 atom stereocenters. The number of aliphatic hydroxyl groups is 1. The molecule has 2 aromatic carbocycles. The fourth-order valence-corrected chi connectivity index (χ4v) is 5.26. The third-order valence-electron chi connectivity index (χ3n) is 7.26. The number of hydrogen-bond acceptors (Lipinski definition) is 9. The summed E-state index contributed by atoms with van der Waals surface area (Å²) in [5, 5.41) is 11.6. The smallest absolute Gasteiger partial charge is 0.230 e. The van der Waals surface area contributed by atoms with Gasteiger partial charge in [-0.15, -0.1) is 0 Å². The SMILES string of the molecule is COc1cc2c(Oc3ccc4[nH]c(C)cc4c3F)ncnc2cc1OC[C@@H](O)CN1CCC2(CC1)OCCO2. The molecule has 2 N–H and O–H groups in total. The molecule has 2 fully saturated rings. The van der Waals surface area contributed by atoms with Crippen molar-refractivity contribution in [2.75, 3.05) is 46.6 Å². The molecule has 2 aliphatic rings. The first-order valence-corrected chi connectivity index (χ1v) is 13.0. The maximum atomic E-state index is 15.1. The number of nitrogens with zero attached hydrogens (tertiary/aromatic N) is 3.